The lowest BCUT2D eigenvalue weighted by Crippen LogP contribution is -2.48. The highest BCUT2D eigenvalue weighted by atomic mass is 32.2. The van der Waals surface area contributed by atoms with E-state index in [9.17, 15) is 13.2 Å². The molecule has 4 aromatic rings. The molecule has 13 heteroatoms. The average Bonchev–Trinajstić information content (AvgIpc) is 3.62. The summed E-state index contributed by atoms with van der Waals surface area (Å²) in [7, 11) is -0.782. The maximum Gasteiger partial charge on any atom is 0.325 e. The molecular weight excluding hydrogens is 667 g/mol. The van der Waals surface area contributed by atoms with E-state index in [-0.39, 0.29) is 11.4 Å². The standard InChI is InChI=1S/C36H43N3O8S2/c1-43-33-14-10-26(22-34(33)44-2)9-13-32(27-6-5-7-28(23-27)46-21-18-38-16-19-45-20-17-38)47-36(40)31-8-3-4-15-39(31)49(41,42)29-11-12-30-35(24-29)48-25-37-30/h5-7,10-12,14,22-25,31-32H,3-4,8-9,13,15-21H2,1-2H3/t31?,32-/m1/s1. The SMILES string of the molecule is COc1ccc(CC[C@@H](OC(=O)C2CCCCN2S(=O)(=O)c2ccc3ncsc3c2)c2cccc(OCCN3CCOCC3)c2)cc1OC. The number of piperidine rings is 1. The number of nitrogens with zero attached hydrogens (tertiary/aromatic N) is 3. The van der Waals surface area contributed by atoms with E-state index in [1.165, 1.54) is 15.6 Å². The van der Waals surface area contributed by atoms with Gasteiger partial charge in [0, 0.05) is 26.2 Å². The number of carbonyl (C=O) groups is 1. The first-order valence-corrected chi connectivity index (χ1v) is 19.0. The highest BCUT2D eigenvalue weighted by Crippen LogP contribution is 2.34. The number of methoxy groups -OCH3 is 2. The fraction of sp³-hybridized carbons (Fsp3) is 0.444. The highest BCUT2D eigenvalue weighted by Gasteiger charge is 2.39. The molecule has 3 aromatic carbocycles. The number of rotatable bonds is 14. The third kappa shape index (κ3) is 8.53. The second kappa shape index (κ2) is 16.3. The van der Waals surface area contributed by atoms with Gasteiger partial charge in [-0.15, -0.1) is 11.3 Å². The first-order valence-electron chi connectivity index (χ1n) is 16.6. The summed E-state index contributed by atoms with van der Waals surface area (Å²) in [6.45, 7) is 4.75. The molecule has 2 atom stereocenters. The van der Waals surface area contributed by atoms with Crippen LogP contribution in [0.15, 0.2) is 71.1 Å². The van der Waals surface area contributed by atoms with Crippen molar-refractivity contribution in [3.8, 4) is 17.2 Å². The average molecular weight is 710 g/mol. The van der Waals surface area contributed by atoms with Crippen molar-refractivity contribution in [3.63, 3.8) is 0 Å². The molecule has 0 N–H and O–H groups in total. The Morgan fingerprint density at radius 2 is 1.84 bits per heavy atom. The molecule has 1 unspecified atom stereocenters. The Hall–Kier alpha value is -3.75. The van der Waals surface area contributed by atoms with Gasteiger partial charge in [-0.2, -0.15) is 4.31 Å². The number of benzene rings is 3. The van der Waals surface area contributed by atoms with Gasteiger partial charge in [0.25, 0.3) is 0 Å². The topological polar surface area (TPSA) is 117 Å². The van der Waals surface area contributed by atoms with E-state index in [0.717, 1.165) is 60.6 Å². The van der Waals surface area contributed by atoms with Crippen molar-refractivity contribution >= 4 is 37.5 Å². The lowest BCUT2D eigenvalue weighted by molar-refractivity contribution is -0.155. The maximum absolute atomic E-state index is 14.0. The Labute approximate surface area is 291 Å². The molecule has 2 saturated heterocycles. The second-order valence-electron chi connectivity index (χ2n) is 12.1. The van der Waals surface area contributed by atoms with Gasteiger partial charge in [0.15, 0.2) is 11.5 Å². The first kappa shape index (κ1) is 35.1. The van der Waals surface area contributed by atoms with Gasteiger partial charge in [-0.25, -0.2) is 13.4 Å². The van der Waals surface area contributed by atoms with Gasteiger partial charge >= 0.3 is 5.97 Å². The Morgan fingerprint density at radius 3 is 2.65 bits per heavy atom. The number of hydrogen-bond acceptors (Lipinski definition) is 11. The zero-order chi connectivity index (χ0) is 34.2. The van der Waals surface area contributed by atoms with Crippen molar-refractivity contribution in [2.75, 3.05) is 60.2 Å². The minimum absolute atomic E-state index is 0.149. The number of aryl methyl sites for hydroxylation is 1. The molecule has 6 rings (SSSR count). The number of hydrogen-bond donors (Lipinski definition) is 0. The maximum atomic E-state index is 14.0. The summed E-state index contributed by atoms with van der Waals surface area (Å²) in [5.41, 5.74) is 4.19. The minimum atomic E-state index is -3.97. The van der Waals surface area contributed by atoms with Gasteiger partial charge < -0.3 is 23.7 Å². The molecule has 0 saturated carbocycles. The predicted molar refractivity (Wildman–Crippen MR) is 187 cm³/mol. The highest BCUT2D eigenvalue weighted by molar-refractivity contribution is 7.89. The smallest absolute Gasteiger partial charge is 0.325 e. The van der Waals surface area contributed by atoms with E-state index in [1.54, 1.807) is 37.9 Å². The summed E-state index contributed by atoms with van der Waals surface area (Å²) >= 11 is 1.38. The molecule has 2 fully saturated rings. The first-order chi connectivity index (χ1) is 23.9. The van der Waals surface area contributed by atoms with Crippen molar-refractivity contribution in [1.29, 1.82) is 0 Å². The van der Waals surface area contributed by atoms with Crippen LogP contribution >= 0.6 is 11.3 Å². The number of carbonyl (C=O) groups excluding carboxylic acids is 1. The van der Waals surface area contributed by atoms with Crippen LogP contribution in [0.3, 0.4) is 0 Å². The van der Waals surface area contributed by atoms with Crippen LogP contribution in [0.5, 0.6) is 17.2 Å². The third-order valence-electron chi connectivity index (χ3n) is 9.05. The van der Waals surface area contributed by atoms with Crippen LogP contribution in [0.1, 0.15) is 42.9 Å². The largest absolute Gasteiger partial charge is 0.493 e. The normalized spacial score (nSPS) is 18.2. The van der Waals surface area contributed by atoms with Gasteiger partial charge in [0.05, 0.1) is 48.1 Å². The molecule has 262 valence electrons. The summed E-state index contributed by atoms with van der Waals surface area (Å²) in [5, 5.41) is 0. The number of ether oxygens (including phenoxy) is 5. The summed E-state index contributed by atoms with van der Waals surface area (Å²) < 4.78 is 58.8. The lowest BCUT2D eigenvalue weighted by Gasteiger charge is -2.34. The van der Waals surface area contributed by atoms with E-state index < -0.39 is 28.1 Å². The summed E-state index contributed by atoms with van der Waals surface area (Å²) in [5.74, 6) is 1.37. The van der Waals surface area contributed by atoms with Crippen molar-refractivity contribution in [1.82, 2.24) is 14.2 Å². The lowest BCUT2D eigenvalue weighted by atomic mass is 10.00. The van der Waals surface area contributed by atoms with Gasteiger partial charge in [-0.1, -0.05) is 18.2 Å². The molecular formula is C36H43N3O8S2. The van der Waals surface area contributed by atoms with Crippen LogP contribution in [-0.4, -0.2) is 94.8 Å². The number of fused-ring (bicyclic) bond motifs is 1. The Morgan fingerprint density at radius 1 is 1.00 bits per heavy atom. The number of sulfonamides is 1. The Bertz CT molecular complexity index is 1830. The van der Waals surface area contributed by atoms with Crippen molar-refractivity contribution < 1.29 is 36.9 Å². The molecule has 2 aliphatic rings. The fourth-order valence-electron chi connectivity index (χ4n) is 6.33. The van der Waals surface area contributed by atoms with Crippen LogP contribution < -0.4 is 14.2 Å². The van der Waals surface area contributed by atoms with Crippen LogP contribution in [-0.2, 0) is 30.7 Å². The van der Waals surface area contributed by atoms with Crippen molar-refractivity contribution in [2.45, 2.75) is 49.1 Å². The number of morpholine rings is 1. The molecule has 3 heterocycles. The Kier molecular flexibility index (Phi) is 11.7. The summed E-state index contributed by atoms with van der Waals surface area (Å²) in [6, 6.07) is 17.3. The molecule has 0 bridgehead atoms. The number of thiazole rings is 1. The van der Waals surface area contributed by atoms with Crippen LogP contribution in [0.25, 0.3) is 10.2 Å². The Balaban J connectivity index is 1.22. The molecule has 1 aromatic heterocycles. The van der Waals surface area contributed by atoms with Gasteiger partial charge in [-0.3, -0.25) is 9.69 Å². The zero-order valence-electron chi connectivity index (χ0n) is 27.9. The van der Waals surface area contributed by atoms with E-state index in [0.29, 0.717) is 49.5 Å². The van der Waals surface area contributed by atoms with Crippen LogP contribution in [0.2, 0.25) is 0 Å². The second-order valence-corrected chi connectivity index (χ2v) is 14.9. The van der Waals surface area contributed by atoms with E-state index in [1.807, 2.05) is 42.5 Å². The number of esters is 1. The van der Waals surface area contributed by atoms with E-state index in [2.05, 4.69) is 9.88 Å². The molecule has 11 nitrogen and oxygen atoms in total. The quantitative estimate of drug-likeness (QED) is 0.156. The van der Waals surface area contributed by atoms with Gasteiger partial charge in [0.2, 0.25) is 10.0 Å². The molecule has 0 aliphatic carbocycles. The summed E-state index contributed by atoms with van der Waals surface area (Å²) in [6.07, 6.45) is 2.15. The summed E-state index contributed by atoms with van der Waals surface area (Å²) in [4.78, 5) is 20.8. The monoisotopic (exact) mass is 709 g/mol. The van der Waals surface area contributed by atoms with Crippen molar-refractivity contribution in [2.24, 2.45) is 0 Å². The minimum Gasteiger partial charge on any atom is -0.493 e. The third-order valence-corrected chi connectivity index (χ3v) is 11.7. The molecule has 0 radical (unpaired) electrons. The van der Waals surface area contributed by atoms with Crippen molar-refractivity contribution in [3.05, 3.63) is 77.3 Å². The molecule has 49 heavy (non-hydrogen) atoms. The molecule has 0 amide bonds. The van der Waals surface area contributed by atoms with Crippen LogP contribution in [0.4, 0.5) is 0 Å². The molecule has 2 aliphatic heterocycles. The van der Waals surface area contributed by atoms with Gasteiger partial charge in [-0.05, 0) is 85.7 Å². The van der Waals surface area contributed by atoms with E-state index >= 15 is 0 Å². The molecule has 0 spiro atoms. The fourth-order valence-corrected chi connectivity index (χ4v) is 8.79. The zero-order valence-corrected chi connectivity index (χ0v) is 29.5. The van der Waals surface area contributed by atoms with Crippen LogP contribution in [0, 0.1) is 0 Å². The predicted octanol–water partition coefficient (Wildman–Crippen LogP) is 5.49. The van der Waals surface area contributed by atoms with E-state index in [4.69, 9.17) is 23.7 Å². The number of aromatic nitrogens is 1. The van der Waals surface area contributed by atoms with Gasteiger partial charge in [0.1, 0.15) is 24.5 Å².